The minimum atomic E-state index is 0.250. The Morgan fingerprint density at radius 3 is 2.79 bits per heavy atom. The highest BCUT2D eigenvalue weighted by Crippen LogP contribution is 2.23. The molecule has 7 heteroatoms. The van der Waals surface area contributed by atoms with E-state index in [1.165, 1.54) is 17.3 Å². The van der Waals surface area contributed by atoms with Gasteiger partial charge in [0.15, 0.2) is 6.61 Å². The number of hydrogen-bond acceptors (Lipinski definition) is 6. The van der Waals surface area contributed by atoms with E-state index in [0.29, 0.717) is 16.9 Å². The number of benzene rings is 2. The second-order valence-corrected chi connectivity index (χ2v) is 7.69. The van der Waals surface area contributed by atoms with Crippen molar-refractivity contribution >= 4 is 11.8 Å². The van der Waals surface area contributed by atoms with Gasteiger partial charge in [0.05, 0.1) is 5.75 Å². The van der Waals surface area contributed by atoms with Gasteiger partial charge in [-0.3, -0.25) is 0 Å². The lowest BCUT2D eigenvalue weighted by atomic mass is 10.1. The van der Waals surface area contributed by atoms with Crippen LogP contribution in [0.3, 0.4) is 0 Å². The maximum absolute atomic E-state index is 5.83. The number of nitrogens with zero attached hydrogens (tertiary/aromatic N) is 4. The van der Waals surface area contributed by atoms with Crippen LogP contribution < -0.4 is 4.74 Å². The molecule has 0 radical (unpaired) electrons. The molecule has 0 unspecified atom stereocenters. The van der Waals surface area contributed by atoms with Crippen molar-refractivity contribution in [2.45, 2.75) is 38.0 Å². The van der Waals surface area contributed by atoms with Gasteiger partial charge in [0, 0.05) is 18.9 Å². The zero-order valence-electron chi connectivity index (χ0n) is 16.4. The van der Waals surface area contributed by atoms with Crippen LogP contribution in [0.1, 0.15) is 28.4 Å². The molecular formula is C22H22N4O2S. The van der Waals surface area contributed by atoms with E-state index in [2.05, 4.69) is 37.9 Å². The first-order valence-electron chi connectivity index (χ1n) is 9.36. The second kappa shape index (κ2) is 8.96. The van der Waals surface area contributed by atoms with Crippen LogP contribution in [0, 0.1) is 13.8 Å². The standard InChI is InChI=1S/C22H22N4O2S/c1-16-8-9-17(2)19(12-16)27-14-21-24-25-22(28-21)29-15-20-23-10-11-26(20)13-18-6-4-3-5-7-18/h3-12H,13-15H2,1-2H3. The lowest BCUT2D eigenvalue weighted by molar-refractivity contribution is 0.250. The summed E-state index contributed by atoms with van der Waals surface area (Å²) < 4.78 is 13.7. The Morgan fingerprint density at radius 2 is 1.93 bits per heavy atom. The summed E-state index contributed by atoms with van der Waals surface area (Å²) in [6.07, 6.45) is 3.80. The van der Waals surface area contributed by atoms with Crippen LogP contribution in [0.15, 0.2) is 70.6 Å². The molecule has 4 aromatic rings. The second-order valence-electron chi connectivity index (χ2n) is 6.76. The fraction of sp³-hybridized carbons (Fsp3) is 0.227. The first kappa shape index (κ1) is 19.3. The summed E-state index contributed by atoms with van der Waals surface area (Å²) in [7, 11) is 0. The van der Waals surface area contributed by atoms with Gasteiger partial charge in [-0.1, -0.05) is 54.2 Å². The van der Waals surface area contributed by atoms with Crippen molar-refractivity contribution < 1.29 is 9.15 Å². The highest BCUT2D eigenvalue weighted by Gasteiger charge is 2.11. The molecule has 6 nitrogen and oxygen atoms in total. The summed E-state index contributed by atoms with van der Waals surface area (Å²) >= 11 is 1.47. The van der Waals surface area contributed by atoms with Crippen molar-refractivity contribution in [2.24, 2.45) is 0 Å². The molecular weight excluding hydrogens is 384 g/mol. The number of aromatic nitrogens is 4. The maximum atomic E-state index is 5.83. The Kier molecular flexibility index (Phi) is 5.95. The Hall–Kier alpha value is -3.06. The van der Waals surface area contributed by atoms with Gasteiger partial charge < -0.3 is 13.7 Å². The van der Waals surface area contributed by atoms with E-state index in [-0.39, 0.29) is 6.61 Å². The Labute approximate surface area is 174 Å². The first-order valence-corrected chi connectivity index (χ1v) is 10.3. The summed E-state index contributed by atoms with van der Waals surface area (Å²) in [5.41, 5.74) is 3.47. The zero-order valence-corrected chi connectivity index (χ0v) is 17.2. The molecule has 29 heavy (non-hydrogen) atoms. The topological polar surface area (TPSA) is 66.0 Å². The van der Waals surface area contributed by atoms with Crippen LogP contribution in [0.25, 0.3) is 0 Å². The van der Waals surface area contributed by atoms with Gasteiger partial charge in [-0.25, -0.2) is 4.98 Å². The molecule has 2 heterocycles. The van der Waals surface area contributed by atoms with Gasteiger partial charge in [0.1, 0.15) is 11.6 Å². The molecule has 2 aromatic carbocycles. The summed E-state index contributed by atoms with van der Waals surface area (Å²) in [5.74, 6) is 2.91. The molecule has 0 aliphatic carbocycles. The molecule has 0 aliphatic heterocycles. The number of imidazole rings is 1. The van der Waals surface area contributed by atoms with Crippen molar-refractivity contribution in [1.82, 2.24) is 19.7 Å². The molecule has 0 N–H and O–H groups in total. The van der Waals surface area contributed by atoms with Gasteiger partial charge in [0.2, 0.25) is 0 Å². The van der Waals surface area contributed by atoms with E-state index in [1.54, 1.807) is 0 Å². The highest BCUT2D eigenvalue weighted by atomic mass is 32.2. The van der Waals surface area contributed by atoms with Crippen LogP contribution >= 0.6 is 11.8 Å². The Bertz CT molecular complexity index is 1080. The molecule has 0 spiro atoms. The predicted octanol–water partition coefficient (Wildman–Crippen LogP) is 4.80. The quantitative estimate of drug-likeness (QED) is 0.392. The number of thioether (sulfide) groups is 1. The molecule has 2 aromatic heterocycles. The fourth-order valence-corrected chi connectivity index (χ4v) is 3.63. The van der Waals surface area contributed by atoms with Crippen molar-refractivity contribution in [3.63, 3.8) is 0 Å². The van der Waals surface area contributed by atoms with E-state index in [9.17, 15) is 0 Å². The maximum Gasteiger partial charge on any atom is 0.277 e. The molecule has 0 saturated heterocycles. The highest BCUT2D eigenvalue weighted by molar-refractivity contribution is 7.98. The molecule has 0 aliphatic rings. The Morgan fingerprint density at radius 1 is 1.07 bits per heavy atom. The summed E-state index contributed by atoms with van der Waals surface area (Å²) in [4.78, 5) is 4.46. The van der Waals surface area contributed by atoms with Crippen molar-refractivity contribution in [2.75, 3.05) is 0 Å². The molecule has 148 valence electrons. The average molecular weight is 407 g/mol. The molecule has 4 rings (SSSR count). The van der Waals surface area contributed by atoms with E-state index >= 15 is 0 Å². The molecule has 0 amide bonds. The van der Waals surface area contributed by atoms with Crippen LogP contribution in [-0.4, -0.2) is 19.7 Å². The van der Waals surface area contributed by atoms with Gasteiger partial charge in [-0.15, -0.1) is 10.2 Å². The molecule has 0 atom stereocenters. The Balaban J connectivity index is 1.33. The van der Waals surface area contributed by atoms with Crippen LogP contribution in [-0.2, 0) is 18.9 Å². The minimum Gasteiger partial charge on any atom is -0.484 e. The third-order valence-electron chi connectivity index (χ3n) is 4.47. The SMILES string of the molecule is Cc1ccc(C)c(OCc2nnc(SCc3nccn3Cc3ccccc3)o2)c1. The van der Waals surface area contributed by atoms with E-state index in [4.69, 9.17) is 9.15 Å². The van der Waals surface area contributed by atoms with E-state index < -0.39 is 0 Å². The van der Waals surface area contributed by atoms with Crippen LogP contribution in [0.2, 0.25) is 0 Å². The van der Waals surface area contributed by atoms with Crippen LogP contribution in [0.4, 0.5) is 0 Å². The predicted molar refractivity (Wildman–Crippen MR) is 112 cm³/mol. The van der Waals surface area contributed by atoms with Gasteiger partial charge >= 0.3 is 0 Å². The normalized spacial score (nSPS) is 11.0. The first-order chi connectivity index (χ1) is 14.2. The monoisotopic (exact) mass is 406 g/mol. The van der Waals surface area contributed by atoms with Gasteiger partial charge in [0.25, 0.3) is 11.1 Å². The van der Waals surface area contributed by atoms with Crippen molar-refractivity contribution in [1.29, 1.82) is 0 Å². The number of aryl methyl sites for hydroxylation is 2. The molecule has 0 saturated carbocycles. The third kappa shape index (κ3) is 5.06. The summed E-state index contributed by atoms with van der Waals surface area (Å²) in [6.45, 7) is 5.09. The van der Waals surface area contributed by atoms with Gasteiger partial charge in [-0.2, -0.15) is 0 Å². The molecule has 0 bridgehead atoms. The lowest BCUT2D eigenvalue weighted by Gasteiger charge is -2.07. The third-order valence-corrected chi connectivity index (χ3v) is 5.28. The fourth-order valence-electron chi connectivity index (χ4n) is 2.89. The number of hydrogen-bond donors (Lipinski definition) is 0. The number of ether oxygens (including phenoxy) is 1. The minimum absolute atomic E-state index is 0.250. The van der Waals surface area contributed by atoms with E-state index in [1.807, 2.05) is 56.6 Å². The van der Waals surface area contributed by atoms with Crippen LogP contribution in [0.5, 0.6) is 5.75 Å². The lowest BCUT2D eigenvalue weighted by Crippen LogP contribution is -2.03. The summed E-state index contributed by atoms with van der Waals surface area (Å²) in [6, 6.07) is 16.4. The summed E-state index contributed by atoms with van der Waals surface area (Å²) in [5, 5.41) is 8.71. The number of rotatable bonds is 8. The smallest absolute Gasteiger partial charge is 0.277 e. The van der Waals surface area contributed by atoms with Crippen molar-refractivity contribution in [3.8, 4) is 5.75 Å². The van der Waals surface area contributed by atoms with Gasteiger partial charge in [-0.05, 0) is 36.6 Å². The largest absolute Gasteiger partial charge is 0.484 e. The zero-order chi connectivity index (χ0) is 20.1. The van der Waals surface area contributed by atoms with E-state index in [0.717, 1.165) is 29.2 Å². The average Bonchev–Trinajstić information content (AvgIpc) is 3.37. The molecule has 0 fully saturated rings. The van der Waals surface area contributed by atoms with Crippen molar-refractivity contribution in [3.05, 3.63) is 89.3 Å².